The predicted molar refractivity (Wildman–Crippen MR) is 208 cm³/mol. The Morgan fingerprint density at radius 3 is 1.54 bits per heavy atom. The van der Waals surface area contributed by atoms with Crippen molar-refractivity contribution in [3.05, 3.63) is 216 Å². The van der Waals surface area contributed by atoms with Gasteiger partial charge in [0.05, 0.1) is 28.1 Å². The van der Waals surface area contributed by atoms with Crippen LogP contribution in [0.2, 0.25) is 0 Å². The molecule has 0 N–H and O–H groups in total. The Labute approximate surface area is 301 Å². The highest BCUT2D eigenvalue weighted by molar-refractivity contribution is 6.09. The summed E-state index contributed by atoms with van der Waals surface area (Å²) in [6, 6.07) is 66.8. The molecule has 0 aliphatic heterocycles. The SMILES string of the molecule is N#Cc1cccc(-c2nc(-c3ccccc3C(c3ccccc3)(c3ccccc3)c3ccccc3)nc(-n3c4ccccc4c4ccccc43)n2)c1. The fourth-order valence-electron chi connectivity index (χ4n) is 7.62. The van der Waals surface area contributed by atoms with E-state index in [1.54, 1.807) is 6.07 Å². The van der Waals surface area contributed by atoms with Crippen LogP contribution in [-0.4, -0.2) is 19.5 Å². The molecule has 0 fully saturated rings. The molecule has 244 valence electrons. The van der Waals surface area contributed by atoms with Crippen molar-refractivity contribution < 1.29 is 0 Å². The molecule has 5 nitrogen and oxygen atoms in total. The zero-order valence-corrected chi connectivity index (χ0v) is 28.1. The third-order valence-corrected chi connectivity index (χ3v) is 9.85. The topological polar surface area (TPSA) is 67.4 Å². The van der Waals surface area contributed by atoms with Gasteiger partial charge in [-0.3, -0.25) is 4.57 Å². The van der Waals surface area contributed by atoms with Gasteiger partial charge in [0.1, 0.15) is 0 Å². The summed E-state index contributed by atoms with van der Waals surface area (Å²) in [6.45, 7) is 0. The van der Waals surface area contributed by atoms with Gasteiger partial charge in [0.2, 0.25) is 5.95 Å². The van der Waals surface area contributed by atoms with Crippen molar-refractivity contribution in [1.29, 1.82) is 5.26 Å². The van der Waals surface area contributed by atoms with E-state index in [1.165, 1.54) is 0 Å². The number of rotatable bonds is 7. The lowest BCUT2D eigenvalue weighted by Gasteiger charge is -2.38. The summed E-state index contributed by atoms with van der Waals surface area (Å²) < 4.78 is 2.12. The molecular formula is C47H31N5. The number of fused-ring (bicyclic) bond motifs is 3. The Kier molecular flexibility index (Phi) is 7.68. The van der Waals surface area contributed by atoms with Crippen LogP contribution in [0.5, 0.6) is 0 Å². The summed E-state index contributed by atoms with van der Waals surface area (Å²) >= 11 is 0. The lowest BCUT2D eigenvalue weighted by molar-refractivity contribution is 0.745. The van der Waals surface area contributed by atoms with E-state index >= 15 is 0 Å². The molecule has 0 spiro atoms. The minimum absolute atomic E-state index is 0.485. The molecule has 0 bridgehead atoms. The molecule has 9 rings (SSSR count). The number of aromatic nitrogens is 4. The summed E-state index contributed by atoms with van der Waals surface area (Å²) in [7, 11) is 0. The summed E-state index contributed by atoms with van der Waals surface area (Å²) in [6.07, 6.45) is 0. The van der Waals surface area contributed by atoms with Crippen LogP contribution in [0.25, 0.3) is 50.5 Å². The van der Waals surface area contributed by atoms with E-state index in [4.69, 9.17) is 15.0 Å². The van der Waals surface area contributed by atoms with Crippen LogP contribution < -0.4 is 0 Å². The lowest BCUT2D eigenvalue weighted by Crippen LogP contribution is -2.31. The molecule has 0 unspecified atom stereocenters. The molecule has 0 atom stereocenters. The molecule has 2 aromatic heterocycles. The maximum atomic E-state index is 9.83. The number of nitrogens with zero attached hydrogens (tertiary/aromatic N) is 5. The summed E-state index contributed by atoms with van der Waals surface area (Å²) in [5.41, 5.74) is 7.83. The average Bonchev–Trinajstić information content (AvgIpc) is 3.57. The Hall–Kier alpha value is -7.16. The van der Waals surface area contributed by atoms with E-state index < -0.39 is 5.41 Å². The van der Waals surface area contributed by atoms with Crippen molar-refractivity contribution in [3.63, 3.8) is 0 Å². The Morgan fingerprint density at radius 1 is 0.462 bits per heavy atom. The monoisotopic (exact) mass is 665 g/mol. The van der Waals surface area contributed by atoms with Crippen LogP contribution in [0.1, 0.15) is 27.8 Å². The second kappa shape index (κ2) is 12.9. The van der Waals surface area contributed by atoms with Gasteiger partial charge in [-0.15, -0.1) is 0 Å². The van der Waals surface area contributed by atoms with Gasteiger partial charge in [0.15, 0.2) is 11.6 Å². The molecule has 52 heavy (non-hydrogen) atoms. The van der Waals surface area contributed by atoms with Crippen LogP contribution in [0.15, 0.2) is 188 Å². The zero-order chi connectivity index (χ0) is 34.9. The van der Waals surface area contributed by atoms with Gasteiger partial charge < -0.3 is 0 Å². The average molecular weight is 666 g/mol. The number of nitriles is 1. The van der Waals surface area contributed by atoms with Crippen molar-refractivity contribution in [1.82, 2.24) is 19.5 Å². The smallest absolute Gasteiger partial charge is 0.238 e. The standard InChI is InChI=1S/C47H31N5/c48-32-33-17-16-18-34(31-33)44-49-45(51-46(50-44)52-42-29-14-11-25-38(42)39-26-12-15-30-43(39)52)40-27-10-13-28-41(40)47(35-19-4-1-5-20-35,36-21-6-2-7-22-36)37-23-8-3-9-24-37/h1-31H. The maximum Gasteiger partial charge on any atom is 0.238 e. The lowest BCUT2D eigenvalue weighted by atomic mass is 9.64. The van der Waals surface area contributed by atoms with Crippen LogP contribution >= 0.6 is 0 Å². The molecule has 0 amide bonds. The first-order valence-electron chi connectivity index (χ1n) is 17.3. The van der Waals surface area contributed by atoms with Crippen molar-refractivity contribution >= 4 is 21.8 Å². The molecule has 0 radical (unpaired) electrons. The minimum Gasteiger partial charge on any atom is -0.278 e. The van der Waals surface area contributed by atoms with Crippen molar-refractivity contribution in [3.8, 4) is 34.8 Å². The van der Waals surface area contributed by atoms with E-state index in [2.05, 4.69) is 156 Å². The first kappa shape index (κ1) is 30.9. The van der Waals surface area contributed by atoms with Gasteiger partial charge in [-0.1, -0.05) is 164 Å². The van der Waals surface area contributed by atoms with Gasteiger partial charge in [0.25, 0.3) is 0 Å². The quantitative estimate of drug-likeness (QED) is 0.159. The Balaban J connectivity index is 1.39. The number of benzene rings is 7. The van der Waals surface area contributed by atoms with Crippen LogP contribution in [-0.2, 0) is 5.41 Å². The van der Waals surface area contributed by atoms with Gasteiger partial charge in [-0.05, 0) is 46.5 Å². The van der Waals surface area contributed by atoms with E-state index in [1.807, 2.05) is 36.4 Å². The second-order valence-electron chi connectivity index (χ2n) is 12.7. The molecule has 5 heteroatoms. The van der Waals surface area contributed by atoms with Crippen molar-refractivity contribution in [2.75, 3.05) is 0 Å². The zero-order valence-electron chi connectivity index (χ0n) is 28.1. The van der Waals surface area contributed by atoms with Crippen LogP contribution in [0.3, 0.4) is 0 Å². The second-order valence-corrected chi connectivity index (χ2v) is 12.7. The number of hydrogen-bond acceptors (Lipinski definition) is 4. The fourth-order valence-corrected chi connectivity index (χ4v) is 7.62. The highest BCUT2D eigenvalue weighted by Crippen LogP contribution is 2.48. The molecule has 7 aromatic carbocycles. The number of para-hydroxylation sites is 2. The Morgan fingerprint density at radius 2 is 0.962 bits per heavy atom. The van der Waals surface area contributed by atoms with E-state index in [0.717, 1.165) is 55.2 Å². The van der Waals surface area contributed by atoms with E-state index in [-0.39, 0.29) is 0 Å². The highest BCUT2D eigenvalue weighted by atomic mass is 15.2. The molecular weight excluding hydrogens is 635 g/mol. The van der Waals surface area contributed by atoms with Crippen LogP contribution in [0.4, 0.5) is 0 Å². The van der Waals surface area contributed by atoms with Crippen molar-refractivity contribution in [2.45, 2.75) is 5.41 Å². The van der Waals surface area contributed by atoms with Crippen molar-refractivity contribution in [2.24, 2.45) is 0 Å². The molecule has 9 aromatic rings. The summed E-state index contributed by atoms with van der Waals surface area (Å²) in [5.74, 6) is 1.52. The van der Waals surface area contributed by atoms with E-state index in [9.17, 15) is 5.26 Å². The van der Waals surface area contributed by atoms with Gasteiger partial charge in [-0.2, -0.15) is 15.2 Å². The summed E-state index contributed by atoms with van der Waals surface area (Å²) in [4.78, 5) is 15.7. The third kappa shape index (κ3) is 5.05. The van der Waals surface area contributed by atoms with E-state index in [0.29, 0.717) is 23.2 Å². The Bertz CT molecular complexity index is 2600. The summed E-state index contributed by atoms with van der Waals surface area (Å²) in [5, 5.41) is 12.1. The normalized spacial score (nSPS) is 11.4. The molecule has 0 aliphatic rings. The fraction of sp³-hybridized carbons (Fsp3) is 0.0213. The number of hydrogen-bond donors (Lipinski definition) is 0. The van der Waals surface area contributed by atoms with Crippen LogP contribution in [0, 0.1) is 11.3 Å². The highest BCUT2D eigenvalue weighted by Gasteiger charge is 2.40. The molecule has 0 saturated heterocycles. The largest absolute Gasteiger partial charge is 0.278 e. The van der Waals surface area contributed by atoms with Gasteiger partial charge in [0, 0.05) is 21.9 Å². The molecule has 0 aliphatic carbocycles. The first-order valence-corrected chi connectivity index (χ1v) is 17.3. The molecule has 0 saturated carbocycles. The minimum atomic E-state index is -0.721. The maximum absolute atomic E-state index is 9.83. The molecule has 2 heterocycles. The first-order chi connectivity index (χ1) is 25.8. The third-order valence-electron chi connectivity index (χ3n) is 9.85. The van der Waals surface area contributed by atoms with Gasteiger partial charge in [-0.25, -0.2) is 4.98 Å². The predicted octanol–water partition coefficient (Wildman–Crippen LogP) is 10.6. The van der Waals surface area contributed by atoms with Gasteiger partial charge >= 0.3 is 0 Å².